The first-order chi connectivity index (χ1) is 10.7. The summed E-state index contributed by atoms with van der Waals surface area (Å²) >= 11 is 0. The number of nitrogens with one attached hydrogen (secondary N) is 1. The molecule has 0 spiro atoms. The fourth-order valence-electron chi connectivity index (χ4n) is 2.46. The van der Waals surface area contributed by atoms with E-state index in [9.17, 15) is 10.1 Å². The van der Waals surface area contributed by atoms with Crippen molar-refractivity contribution in [3.63, 3.8) is 0 Å². The largest absolute Gasteiger partial charge is 0.383 e. The van der Waals surface area contributed by atoms with Crippen LogP contribution in [0.1, 0.15) is 47.7 Å². The Labute approximate surface area is 131 Å². The Kier molecular flexibility index (Phi) is 5.32. The van der Waals surface area contributed by atoms with Gasteiger partial charge in [0, 0.05) is 18.0 Å². The Morgan fingerprint density at radius 2 is 1.95 bits per heavy atom. The molecule has 0 aromatic heterocycles. The van der Waals surface area contributed by atoms with Gasteiger partial charge in [0.05, 0.1) is 11.3 Å². The minimum Gasteiger partial charge on any atom is -0.383 e. The molecule has 1 unspecified atom stereocenters. The summed E-state index contributed by atoms with van der Waals surface area (Å²) in [6.07, 6.45) is 1.01. The van der Waals surface area contributed by atoms with Gasteiger partial charge in [-0.25, -0.2) is 0 Å². The van der Waals surface area contributed by atoms with Crippen LogP contribution in [-0.2, 0) is 0 Å². The van der Waals surface area contributed by atoms with Crippen molar-refractivity contribution >= 4 is 11.5 Å². The molecule has 2 rings (SSSR count). The van der Waals surface area contributed by atoms with Crippen LogP contribution < -0.4 is 5.32 Å². The van der Waals surface area contributed by atoms with E-state index >= 15 is 0 Å². The van der Waals surface area contributed by atoms with Crippen LogP contribution in [0.3, 0.4) is 0 Å². The average Bonchev–Trinajstić information content (AvgIpc) is 2.56. The lowest BCUT2D eigenvalue weighted by Crippen LogP contribution is -2.13. The predicted octanol–water partition coefficient (Wildman–Crippen LogP) is 4.37. The summed E-state index contributed by atoms with van der Waals surface area (Å²) in [5.74, 6) is 0.372. The minimum atomic E-state index is 0.00245. The normalized spacial score (nSPS) is 11.5. The molecule has 0 heterocycles. The molecule has 2 aromatic carbocycles. The summed E-state index contributed by atoms with van der Waals surface area (Å²) in [4.78, 5) is 11.5. The van der Waals surface area contributed by atoms with Crippen LogP contribution in [-0.4, -0.2) is 12.3 Å². The highest BCUT2D eigenvalue weighted by Crippen LogP contribution is 2.22. The van der Waals surface area contributed by atoms with Gasteiger partial charge in [0.25, 0.3) is 0 Å². The van der Waals surface area contributed by atoms with Gasteiger partial charge >= 0.3 is 0 Å². The minimum absolute atomic E-state index is 0.00245. The highest BCUT2D eigenvalue weighted by Gasteiger charge is 2.11. The number of carbonyl (C=O) groups excluding carboxylic acids is 1. The van der Waals surface area contributed by atoms with E-state index in [2.05, 4.69) is 30.4 Å². The first-order valence-corrected chi connectivity index (χ1v) is 7.49. The fraction of sp³-hybridized carbons (Fsp3) is 0.263. The average molecular weight is 292 g/mol. The van der Waals surface area contributed by atoms with E-state index in [1.165, 1.54) is 12.5 Å². The van der Waals surface area contributed by atoms with E-state index in [0.29, 0.717) is 17.0 Å². The van der Waals surface area contributed by atoms with Gasteiger partial charge in [0.2, 0.25) is 0 Å². The Hall–Kier alpha value is -2.60. The number of anilines is 1. The predicted molar refractivity (Wildman–Crippen MR) is 89.1 cm³/mol. The van der Waals surface area contributed by atoms with E-state index in [-0.39, 0.29) is 5.78 Å². The zero-order valence-corrected chi connectivity index (χ0v) is 13.0. The summed E-state index contributed by atoms with van der Waals surface area (Å²) in [6, 6.07) is 17.6. The van der Waals surface area contributed by atoms with Crippen molar-refractivity contribution in [2.24, 2.45) is 0 Å². The van der Waals surface area contributed by atoms with Crippen LogP contribution in [0.5, 0.6) is 0 Å². The second-order valence-electron chi connectivity index (χ2n) is 5.33. The lowest BCUT2D eigenvalue weighted by molar-refractivity contribution is 0.101. The van der Waals surface area contributed by atoms with Gasteiger partial charge in [0.1, 0.15) is 6.07 Å². The summed E-state index contributed by atoms with van der Waals surface area (Å²) in [7, 11) is 0. The van der Waals surface area contributed by atoms with Crippen LogP contribution >= 0.6 is 0 Å². The highest BCUT2D eigenvalue weighted by atomic mass is 16.1. The molecular formula is C19H20N2O. The maximum atomic E-state index is 11.5. The number of nitrogens with zero attached hydrogens (tertiary/aromatic N) is 1. The molecule has 0 aliphatic carbocycles. The monoisotopic (exact) mass is 292 g/mol. The smallest absolute Gasteiger partial charge is 0.159 e. The van der Waals surface area contributed by atoms with E-state index < -0.39 is 0 Å². The van der Waals surface area contributed by atoms with Gasteiger partial charge < -0.3 is 5.32 Å². The number of nitriles is 1. The van der Waals surface area contributed by atoms with Crippen LogP contribution in [0.25, 0.3) is 0 Å². The number of benzene rings is 2. The Bertz CT molecular complexity index is 686. The lowest BCUT2D eigenvalue weighted by Gasteiger charge is -2.18. The van der Waals surface area contributed by atoms with Crippen molar-refractivity contribution in [2.45, 2.75) is 26.2 Å². The van der Waals surface area contributed by atoms with Crippen LogP contribution in [0.15, 0.2) is 48.5 Å². The van der Waals surface area contributed by atoms with Crippen molar-refractivity contribution in [3.8, 4) is 6.07 Å². The maximum absolute atomic E-state index is 11.5. The fourth-order valence-corrected chi connectivity index (χ4v) is 2.46. The molecule has 3 nitrogen and oxygen atoms in total. The van der Waals surface area contributed by atoms with E-state index in [4.69, 9.17) is 0 Å². The number of Topliss-reactive ketones (excluding diaryl/α,β-unsaturated/α-hetero) is 1. The summed E-state index contributed by atoms with van der Waals surface area (Å²) < 4.78 is 0. The van der Waals surface area contributed by atoms with Crippen molar-refractivity contribution in [1.29, 1.82) is 5.26 Å². The second-order valence-corrected chi connectivity index (χ2v) is 5.33. The molecule has 0 fully saturated rings. The Morgan fingerprint density at radius 3 is 2.55 bits per heavy atom. The Morgan fingerprint density at radius 1 is 1.23 bits per heavy atom. The number of rotatable bonds is 6. The van der Waals surface area contributed by atoms with Gasteiger partial charge in [-0.05, 0) is 37.1 Å². The summed E-state index contributed by atoms with van der Waals surface area (Å²) in [5.41, 5.74) is 3.19. The van der Waals surface area contributed by atoms with E-state index in [1.807, 2.05) is 18.2 Å². The molecular weight excluding hydrogens is 272 g/mol. The van der Waals surface area contributed by atoms with Gasteiger partial charge in [0.15, 0.2) is 5.78 Å². The topological polar surface area (TPSA) is 52.9 Å². The van der Waals surface area contributed by atoms with Crippen molar-refractivity contribution in [2.75, 3.05) is 11.9 Å². The number of hydrogen-bond acceptors (Lipinski definition) is 3. The third-order valence-corrected chi connectivity index (χ3v) is 3.85. The molecule has 0 amide bonds. The van der Waals surface area contributed by atoms with Gasteiger partial charge in [-0.1, -0.05) is 37.3 Å². The van der Waals surface area contributed by atoms with Gasteiger partial charge in [-0.2, -0.15) is 5.26 Å². The van der Waals surface area contributed by atoms with Crippen LogP contribution in [0.4, 0.5) is 5.69 Å². The molecule has 1 N–H and O–H groups in total. The molecule has 22 heavy (non-hydrogen) atoms. The molecule has 0 bridgehead atoms. The lowest BCUT2D eigenvalue weighted by atomic mass is 9.96. The Balaban J connectivity index is 2.18. The first-order valence-electron chi connectivity index (χ1n) is 7.49. The molecule has 0 saturated heterocycles. The van der Waals surface area contributed by atoms with Gasteiger partial charge in [-0.3, -0.25) is 4.79 Å². The molecule has 3 heteroatoms. The van der Waals surface area contributed by atoms with Crippen LogP contribution in [0.2, 0.25) is 0 Å². The van der Waals surface area contributed by atoms with Crippen molar-refractivity contribution < 1.29 is 4.79 Å². The number of carbonyl (C=O) groups is 1. The molecule has 0 radical (unpaired) electrons. The standard InChI is InChI=1S/C19H20N2O/c1-3-15(16-7-5-4-6-8-16)13-21-19-11-17(14(2)22)9-10-18(19)12-20/h4-11,15,21H,3,13H2,1-2H3. The quantitative estimate of drug-likeness (QED) is 0.804. The molecule has 1 atom stereocenters. The van der Waals surface area contributed by atoms with E-state index in [0.717, 1.165) is 18.7 Å². The summed E-state index contributed by atoms with van der Waals surface area (Å²) in [5, 5.41) is 12.5. The highest BCUT2D eigenvalue weighted by molar-refractivity contribution is 5.95. The second kappa shape index (κ2) is 7.42. The molecule has 0 saturated carbocycles. The van der Waals surface area contributed by atoms with Gasteiger partial charge in [-0.15, -0.1) is 0 Å². The number of ketones is 1. The molecule has 112 valence electrons. The first kappa shape index (κ1) is 15.8. The zero-order valence-electron chi connectivity index (χ0n) is 13.0. The molecule has 0 aliphatic heterocycles. The number of hydrogen-bond donors (Lipinski definition) is 1. The van der Waals surface area contributed by atoms with Crippen molar-refractivity contribution in [1.82, 2.24) is 0 Å². The zero-order chi connectivity index (χ0) is 15.9. The van der Waals surface area contributed by atoms with E-state index in [1.54, 1.807) is 18.2 Å². The maximum Gasteiger partial charge on any atom is 0.159 e. The SMILES string of the molecule is CCC(CNc1cc(C(C)=O)ccc1C#N)c1ccccc1. The van der Waals surface area contributed by atoms with Crippen LogP contribution in [0, 0.1) is 11.3 Å². The molecule has 0 aliphatic rings. The third kappa shape index (κ3) is 3.73. The molecule has 2 aromatic rings. The third-order valence-electron chi connectivity index (χ3n) is 3.85. The van der Waals surface area contributed by atoms with Crippen molar-refractivity contribution in [3.05, 3.63) is 65.2 Å². The summed E-state index contributed by atoms with van der Waals surface area (Å²) in [6.45, 7) is 4.41.